The topological polar surface area (TPSA) is 50.7 Å². The van der Waals surface area contributed by atoms with Crippen molar-refractivity contribution in [3.05, 3.63) is 29.5 Å². The van der Waals surface area contributed by atoms with Crippen molar-refractivity contribution in [3.8, 4) is 0 Å². The number of aryl methyl sites for hydroxylation is 1. The van der Waals surface area contributed by atoms with Gasteiger partial charge in [-0.25, -0.2) is 0 Å². The van der Waals surface area contributed by atoms with Gasteiger partial charge in [0.15, 0.2) is 0 Å². The average Bonchev–Trinajstić information content (AvgIpc) is 2.53. The molecule has 2 aromatic rings. The highest BCUT2D eigenvalue weighted by atomic mass is 32.1. The van der Waals surface area contributed by atoms with Gasteiger partial charge in [-0.05, 0) is 19.1 Å². The van der Waals surface area contributed by atoms with Gasteiger partial charge in [0.1, 0.15) is 5.01 Å². The summed E-state index contributed by atoms with van der Waals surface area (Å²) in [5.41, 5.74) is 0.929. The maximum absolute atomic E-state index is 3.98. The van der Waals surface area contributed by atoms with Gasteiger partial charge in [-0.3, -0.25) is 4.98 Å². The number of aromatic nitrogens is 3. The molecule has 13 heavy (non-hydrogen) atoms. The molecule has 4 nitrogen and oxygen atoms in total. The molecule has 5 heteroatoms. The second-order valence-electron chi connectivity index (χ2n) is 2.49. The molecule has 0 amide bonds. The van der Waals surface area contributed by atoms with Crippen LogP contribution in [0.1, 0.15) is 5.01 Å². The highest BCUT2D eigenvalue weighted by Gasteiger charge is 1.99. The van der Waals surface area contributed by atoms with E-state index in [-0.39, 0.29) is 0 Å². The standard InChI is InChI=1S/C8H8N4S/c1-6-11-12-8(13-6)10-7-3-2-4-9-5-7/h2-5H,1H3,(H,10,12). The summed E-state index contributed by atoms with van der Waals surface area (Å²) in [5.74, 6) is 0. The van der Waals surface area contributed by atoms with E-state index < -0.39 is 0 Å². The predicted molar refractivity (Wildman–Crippen MR) is 52.2 cm³/mol. The van der Waals surface area contributed by atoms with Crippen LogP contribution in [0.25, 0.3) is 0 Å². The van der Waals surface area contributed by atoms with E-state index in [1.54, 1.807) is 12.4 Å². The van der Waals surface area contributed by atoms with Crippen LogP contribution in [0.2, 0.25) is 0 Å². The fourth-order valence-corrected chi connectivity index (χ4v) is 1.52. The molecule has 0 saturated heterocycles. The van der Waals surface area contributed by atoms with Gasteiger partial charge in [0.25, 0.3) is 0 Å². The van der Waals surface area contributed by atoms with Crippen molar-refractivity contribution < 1.29 is 0 Å². The Balaban J connectivity index is 2.15. The van der Waals surface area contributed by atoms with Gasteiger partial charge in [0.05, 0.1) is 11.9 Å². The molecule has 0 saturated carbocycles. The number of hydrogen-bond acceptors (Lipinski definition) is 5. The number of pyridine rings is 1. The molecule has 0 aliphatic rings. The minimum Gasteiger partial charge on any atom is -0.329 e. The molecular weight excluding hydrogens is 184 g/mol. The van der Waals surface area contributed by atoms with E-state index in [0.29, 0.717) is 0 Å². The van der Waals surface area contributed by atoms with Gasteiger partial charge >= 0.3 is 0 Å². The Morgan fingerprint density at radius 2 is 2.31 bits per heavy atom. The van der Waals surface area contributed by atoms with Gasteiger partial charge in [0.2, 0.25) is 5.13 Å². The third-order valence-corrected chi connectivity index (χ3v) is 2.19. The summed E-state index contributed by atoms with van der Waals surface area (Å²) in [7, 11) is 0. The molecule has 0 radical (unpaired) electrons. The van der Waals surface area contributed by atoms with Crippen LogP contribution in [0.15, 0.2) is 24.5 Å². The van der Waals surface area contributed by atoms with Crippen LogP contribution in [-0.2, 0) is 0 Å². The Hall–Kier alpha value is -1.49. The minimum atomic E-state index is 0.797. The monoisotopic (exact) mass is 192 g/mol. The summed E-state index contributed by atoms with van der Waals surface area (Å²) in [4.78, 5) is 3.98. The lowest BCUT2D eigenvalue weighted by atomic mass is 10.4. The normalized spacial score (nSPS) is 9.92. The molecule has 66 valence electrons. The predicted octanol–water partition coefficient (Wildman–Crippen LogP) is 1.99. The molecule has 1 N–H and O–H groups in total. The fraction of sp³-hybridized carbons (Fsp3) is 0.125. The Morgan fingerprint density at radius 3 is 2.92 bits per heavy atom. The van der Waals surface area contributed by atoms with Gasteiger partial charge in [0, 0.05) is 6.20 Å². The van der Waals surface area contributed by atoms with Crippen molar-refractivity contribution in [2.75, 3.05) is 5.32 Å². The summed E-state index contributed by atoms with van der Waals surface area (Å²) in [5, 5.41) is 12.7. The van der Waals surface area contributed by atoms with Crippen molar-refractivity contribution in [2.45, 2.75) is 6.92 Å². The molecule has 2 rings (SSSR count). The van der Waals surface area contributed by atoms with E-state index in [2.05, 4.69) is 20.5 Å². The van der Waals surface area contributed by atoms with Gasteiger partial charge in [-0.2, -0.15) is 0 Å². The first-order valence-corrected chi connectivity index (χ1v) is 4.63. The summed E-state index contributed by atoms with van der Waals surface area (Å²) in [6.45, 7) is 1.92. The Kier molecular flexibility index (Phi) is 2.18. The quantitative estimate of drug-likeness (QED) is 0.790. The highest BCUT2D eigenvalue weighted by Crippen LogP contribution is 2.18. The molecule has 0 fully saturated rings. The second-order valence-corrected chi connectivity index (χ2v) is 3.67. The van der Waals surface area contributed by atoms with Gasteiger partial charge < -0.3 is 5.32 Å². The summed E-state index contributed by atoms with van der Waals surface area (Å²) in [6.07, 6.45) is 3.48. The van der Waals surface area contributed by atoms with Gasteiger partial charge in [-0.1, -0.05) is 11.3 Å². The summed E-state index contributed by atoms with van der Waals surface area (Å²) >= 11 is 1.52. The first kappa shape index (κ1) is 8.12. The van der Waals surface area contributed by atoms with Crippen molar-refractivity contribution in [1.82, 2.24) is 15.2 Å². The summed E-state index contributed by atoms with van der Waals surface area (Å²) in [6, 6.07) is 3.81. The van der Waals surface area contributed by atoms with E-state index in [9.17, 15) is 0 Å². The number of nitrogens with one attached hydrogen (secondary N) is 1. The highest BCUT2D eigenvalue weighted by molar-refractivity contribution is 7.15. The number of nitrogens with zero attached hydrogens (tertiary/aromatic N) is 3. The van der Waals surface area contributed by atoms with Gasteiger partial charge in [-0.15, -0.1) is 10.2 Å². The van der Waals surface area contributed by atoms with E-state index in [0.717, 1.165) is 15.8 Å². The van der Waals surface area contributed by atoms with Crippen LogP contribution in [0.4, 0.5) is 10.8 Å². The van der Waals surface area contributed by atoms with Crippen LogP contribution in [0.5, 0.6) is 0 Å². The van der Waals surface area contributed by atoms with Crippen molar-refractivity contribution in [3.63, 3.8) is 0 Å². The Bertz CT molecular complexity index is 384. The largest absolute Gasteiger partial charge is 0.329 e. The molecule has 0 unspecified atom stereocenters. The molecular formula is C8H8N4S. The Labute approximate surface area is 79.7 Å². The zero-order chi connectivity index (χ0) is 9.10. The molecule has 2 heterocycles. The van der Waals surface area contributed by atoms with Crippen molar-refractivity contribution in [2.24, 2.45) is 0 Å². The number of anilines is 2. The first-order valence-electron chi connectivity index (χ1n) is 3.82. The lowest BCUT2D eigenvalue weighted by molar-refractivity contribution is 1.05. The molecule has 2 aromatic heterocycles. The second kappa shape index (κ2) is 3.49. The smallest absolute Gasteiger partial charge is 0.210 e. The minimum absolute atomic E-state index is 0.797. The summed E-state index contributed by atoms with van der Waals surface area (Å²) < 4.78 is 0. The first-order chi connectivity index (χ1) is 6.34. The SMILES string of the molecule is Cc1nnc(Nc2cccnc2)s1. The fourth-order valence-electron chi connectivity index (χ4n) is 0.907. The van der Waals surface area contributed by atoms with E-state index in [1.807, 2.05) is 19.1 Å². The number of hydrogen-bond donors (Lipinski definition) is 1. The third kappa shape index (κ3) is 2.00. The van der Waals surface area contributed by atoms with Crippen LogP contribution < -0.4 is 5.32 Å². The molecule has 0 bridgehead atoms. The lowest BCUT2D eigenvalue weighted by Crippen LogP contribution is -1.89. The maximum atomic E-state index is 3.98. The molecule has 0 spiro atoms. The lowest BCUT2D eigenvalue weighted by Gasteiger charge is -1.98. The molecule has 0 aromatic carbocycles. The molecule has 0 atom stereocenters. The average molecular weight is 192 g/mol. The Morgan fingerprint density at radius 1 is 1.38 bits per heavy atom. The molecule has 0 aliphatic carbocycles. The molecule has 0 aliphatic heterocycles. The van der Waals surface area contributed by atoms with Crippen LogP contribution >= 0.6 is 11.3 Å². The van der Waals surface area contributed by atoms with E-state index in [4.69, 9.17) is 0 Å². The maximum Gasteiger partial charge on any atom is 0.210 e. The van der Waals surface area contributed by atoms with Crippen molar-refractivity contribution in [1.29, 1.82) is 0 Å². The van der Waals surface area contributed by atoms with Crippen LogP contribution in [0.3, 0.4) is 0 Å². The van der Waals surface area contributed by atoms with Crippen LogP contribution in [-0.4, -0.2) is 15.2 Å². The third-order valence-electron chi connectivity index (χ3n) is 1.44. The van der Waals surface area contributed by atoms with E-state index in [1.165, 1.54) is 11.3 Å². The van der Waals surface area contributed by atoms with Crippen LogP contribution in [0, 0.1) is 6.92 Å². The zero-order valence-corrected chi connectivity index (χ0v) is 7.88. The number of rotatable bonds is 2. The zero-order valence-electron chi connectivity index (χ0n) is 7.06. The van der Waals surface area contributed by atoms with Crippen molar-refractivity contribution >= 4 is 22.2 Å². The van der Waals surface area contributed by atoms with E-state index >= 15 is 0 Å².